The van der Waals surface area contributed by atoms with Gasteiger partial charge in [-0.1, -0.05) is 0 Å². The number of nitrogens with zero attached hydrogens (tertiary/aromatic N) is 2. The Kier molecular flexibility index (Phi) is 2.59. The first-order valence-corrected chi connectivity index (χ1v) is 6.80. The smallest absolute Gasteiger partial charge is 0.320 e. The quantitative estimate of drug-likeness (QED) is 0.551. The average molecular weight is 233 g/mol. The molecule has 0 radical (unpaired) electrons. The number of hydrogen-bond donors (Lipinski definition) is 1. The topological polar surface area (TPSA) is 83.7 Å². The normalized spacial score (nSPS) is 26.2. The van der Waals surface area contributed by atoms with Crippen LogP contribution in [0.15, 0.2) is 0 Å². The van der Waals surface area contributed by atoms with Gasteiger partial charge in [-0.3, -0.25) is 0 Å². The fraction of sp³-hybridized carbons (Fsp3) is 0.875. The van der Waals surface area contributed by atoms with Gasteiger partial charge in [-0.25, -0.2) is 13.2 Å². The summed E-state index contributed by atoms with van der Waals surface area (Å²) in [6, 6.07) is 0.00840. The molecule has 0 aromatic carbocycles. The van der Waals surface area contributed by atoms with Gasteiger partial charge in [0.1, 0.15) is 0 Å². The van der Waals surface area contributed by atoms with Crippen molar-refractivity contribution in [2.24, 2.45) is 5.73 Å². The van der Waals surface area contributed by atoms with Gasteiger partial charge in [0.15, 0.2) is 9.84 Å². The van der Waals surface area contributed by atoms with Gasteiger partial charge in [-0.15, -0.1) is 0 Å². The zero-order valence-electron chi connectivity index (χ0n) is 8.42. The second-order valence-corrected chi connectivity index (χ2v) is 6.39. The van der Waals surface area contributed by atoms with Gasteiger partial charge in [-0.2, -0.15) is 0 Å². The predicted molar refractivity (Wildman–Crippen MR) is 55.2 cm³/mol. The number of carbonyl (C=O) groups is 1. The fourth-order valence-corrected chi connectivity index (χ4v) is 2.97. The Bertz CT molecular complexity index is 347. The molecular weight excluding hydrogens is 218 g/mol. The van der Waals surface area contributed by atoms with Crippen LogP contribution in [0.4, 0.5) is 4.79 Å². The van der Waals surface area contributed by atoms with Crippen LogP contribution in [0.5, 0.6) is 0 Å². The van der Waals surface area contributed by atoms with Crippen molar-refractivity contribution in [1.29, 1.82) is 0 Å². The van der Waals surface area contributed by atoms with E-state index in [0.29, 0.717) is 26.2 Å². The van der Waals surface area contributed by atoms with Crippen LogP contribution < -0.4 is 5.73 Å². The summed E-state index contributed by atoms with van der Waals surface area (Å²) >= 11 is 0. The highest BCUT2D eigenvalue weighted by molar-refractivity contribution is 7.91. The van der Waals surface area contributed by atoms with Gasteiger partial charge in [-0.05, 0) is 0 Å². The van der Waals surface area contributed by atoms with Crippen molar-refractivity contribution < 1.29 is 13.2 Å². The minimum Gasteiger partial charge on any atom is -0.325 e. The molecule has 0 aromatic rings. The minimum absolute atomic E-state index is 0.0772. The molecule has 2 N–H and O–H groups in total. The Morgan fingerprint density at radius 1 is 1.13 bits per heavy atom. The highest BCUT2D eigenvalue weighted by atomic mass is 32.2. The van der Waals surface area contributed by atoms with Gasteiger partial charge >= 0.3 is 6.03 Å². The van der Waals surface area contributed by atoms with E-state index in [0.717, 1.165) is 0 Å². The lowest BCUT2D eigenvalue weighted by Gasteiger charge is -2.41. The Labute approximate surface area is 88.9 Å². The molecule has 0 aromatic heterocycles. The van der Waals surface area contributed by atoms with Crippen molar-refractivity contribution in [1.82, 2.24) is 9.80 Å². The van der Waals surface area contributed by atoms with E-state index < -0.39 is 9.84 Å². The zero-order valence-corrected chi connectivity index (χ0v) is 9.24. The number of carbonyl (C=O) groups excluding carboxylic acids is 1. The van der Waals surface area contributed by atoms with E-state index in [-0.39, 0.29) is 23.6 Å². The number of rotatable bonds is 0. The number of urea groups is 1. The molecule has 0 spiro atoms. The van der Waals surface area contributed by atoms with Gasteiger partial charge in [0.2, 0.25) is 0 Å². The summed E-state index contributed by atoms with van der Waals surface area (Å²) in [5.41, 5.74) is 5.57. The first-order chi connectivity index (χ1) is 6.98. The molecule has 0 unspecified atom stereocenters. The summed E-state index contributed by atoms with van der Waals surface area (Å²) < 4.78 is 22.3. The van der Waals surface area contributed by atoms with Crippen LogP contribution >= 0.6 is 0 Å². The van der Waals surface area contributed by atoms with Crippen molar-refractivity contribution in [3.63, 3.8) is 0 Å². The van der Waals surface area contributed by atoms with E-state index in [1.165, 1.54) is 0 Å². The second-order valence-electron chi connectivity index (χ2n) is 4.09. The first-order valence-electron chi connectivity index (χ1n) is 4.98. The van der Waals surface area contributed by atoms with Crippen LogP contribution in [0.2, 0.25) is 0 Å². The lowest BCUT2D eigenvalue weighted by atomic mass is 10.1. The summed E-state index contributed by atoms with van der Waals surface area (Å²) in [6.45, 7) is 1.80. The molecule has 2 saturated heterocycles. The van der Waals surface area contributed by atoms with E-state index in [9.17, 15) is 13.2 Å². The highest BCUT2D eigenvalue weighted by Gasteiger charge is 2.33. The Morgan fingerprint density at radius 2 is 1.67 bits per heavy atom. The third kappa shape index (κ3) is 2.23. The van der Waals surface area contributed by atoms with Crippen LogP contribution in [-0.4, -0.2) is 68.0 Å². The van der Waals surface area contributed by atoms with Crippen LogP contribution in [-0.2, 0) is 9.84 Å². The summed E-state index contributed by atoms with van der Waals surface area (Å²) in [4.78, 5) is 15.0. The fourth-order valence-electron chi connectivity index (χ4n) is 1.77. The van der Waals surface area contributed by atoms with Crippen molar-refractivity contribution in [2.75, 3.05) is 37.7 Å². The summed E-state index contributed by atoms with van der Waals surface area (Å²) in [7, 11) is -2.91. The number of sulfone groups is 1. The predicted octanol–water partition coefficient (Wildman–Crippen LogP) is -1.52. The molecule has 2 rings (SSSR count). The van der Waals surface area contributed by atoms with Crippen molar-refractivity contribution >= 4 is 15.9 Å². The third-order valence-corrected chi connectivity index (χ3v) is 4.40. The molecule has 7 heteroatoms. The average Bonchev–Trinajstić information content (AvgIpc) is 2.12. The highest BCUT2D eigenvalue weighted by Crippen LogP contribution is 2.12. The van der Waals surface area contributed by atoms with Crippen LogP contribution in [0.25, 0.3) is 0 Å². The SMILES string of the molecule is NC1CN(C(=O)N2CCS(=O)(=O)CC2)C1. The third-order valence-electron chi connectivity index (χ3n) is 2.80. The van der Waals surface area contributed by atoms with E-state index in [4.69, 9.17) is 5.73 Å². The van der Waals surface area contributed by atoms with E-state index in [2.05, 4.69) is 0 Å². The lowest BCUT2D eigenvalue weighted by molar-refractivity contribution is 0.118. The van der Waals surface area contributed by atoms with Gasteiger partial charge in [0.25, 0.3) is 0 Å². The molecule has 0 bridgehead atoms. The van der Waals surface area contributed by atoms with E-state index in [1.807, 2.05) is 0 Å². The standard InChI is InChI=1S/C8H15N3O3S/c9-7-5-11(6-7)8(12)10-1-3-15(13,14)4-2-10/h7H,1-6,9H2. The second kappa shape index (κ2) is 3.64. The van der Waals surface area contributed by atoms with Crippen molar-refractivity contribution in [3.05, 3.63) is 0 Å². The molecule has 2 aliphatic rings. The number of amides is 2. The maximum absolute atomic E-state index is 11.7. The van der Waals surface area contributed by atoms with Crippen LogP contribution in [0, 0.1) is 0 Å². The van der Waals surface area contributed by atoms with Crippen LogP contribution in [0.1, 0.15) is 0 Å². The van der Waals surface area contributed by atoms with E-state index >= 15 is 0 Å². The molecule has 0 atom stereocenters. The molecule has 2 heterocycles. The molecule has 2 aliphatic heterocycles. The maximum Gasteiger partial charge on any atom is 0.320 e. The molecule has 0 aliphatic carbocycles. The van der Waals surface area contributed by atoms with Gasteiger partial charge < -0.3 is 15.5 Å². The van der Waals surface area contributed by atoms with Crippen molar-refractivity contribution in [3.8, 4) is 0 Å². The molecule has 86 valence electrons. The van der Waals surface area contributed by atoms with Crippen molar-refractivity contribution in [2.45, 2.75) is 6.04 Å². The molecule has 2 fully saturated rings. The Morgan fingerprint density at radius 3 is 2.13 bits per heavy atom. The van der Waals surface area contributed by atoms with E-state index in [1.54, 1.807) is 9.80 Å². The monoisotopic (exact) mass is 233 g/mol. The molecule has 15 heavy (non-hydrogen) atoms. The molecule has 0 saturated carbocycles. The number of hydrogen-bond acceptors (Lipinski definition) is 4. The molecular formula is C8H15N3O3S. The summed E-state index contributed by atoms with van der Waals surface area (Å²) in [6.07, 6.45) is 0. The summed E-state index contributed by atoms with van der Waals surface area (Å²) in [5, 5.41) is 0. The van der Waals surface area contributed by atoms with Gasteiger partial charge in [0.05, 0.1) is 11.5 Å². The first kappa shape index (κ1) is 10.7. The lowest BCUT2D eigenvalue weighted by Crippen LogP contribution is -2.62. The molecule has 2 amide bonds. The summed E-state index contributed by atoms with van der Waals surface area (Å²) in [5.74, 6) is 0.164. The number of nitrogens with two attached hydrogens (primary N) is 1. The zero-order chi connectivity index (χ0) is 11.1. The Hall–Kier alpha value is -0.820. The maximum atomic E-state index is 11.7. The minimum atomic E-state index is -2.91. The Balaban J connectivity index is 1.88. The largest absolute Gasteiger partial charge is 0.325 e. The number of likely N-dealkylation sites (tertiary alicyclic amines) is 1. The molecule has 6 nitrogen and oxygen atoms in total. The van der Waals surface area contributed by atoms with Gasteiger partial charge in [0, 0.05) is 32.2 Å². The van der Waals surface area contributed by atoms with Crippen LogP contribution in [0.3, 0.4) is 0 Å².